The molecule has 0 spiro atoms. The summed E-state index contributed by atoms with van der Waals surface area (Å²) in [5.74, 6) is 0.578. The minimum Gasteiger partial charge on any atom is -0.382 e. The van der Waals surface area contributed by atoms with Gasteiger partial charge in [0.2, 0.25) is 0 Å². The van der Waals surface area contributed by atoms with Gasteiger partial charge in [0.15, 0.2) is 33.9 Å². The van der Waals surface area contributed by atoms with Gasteiger partial charge in [0, 0.05) is 18.3 Å². The smallest absolute Gasteiger partial charge is 0.280 e. The number of nitrogens with two attached hydrogens (primary N) is 2. The molecule has 1 aromatic heterocycles. The van der Waals surface area contributed by atoms with E-state index in [0.29, 0.717) is 5.82 Å². The van der Waals surface area contributed by atoms with Crippen LogP contribution in [0.1, 0.15) is 24.3 Å². The van der Waals surface area contributed by atoms with E-state index in [-0.39, 0.29) is 34.2 Å². The van der Waals surface area contributed by atoms with E-state index < -0.39 is 5.91 Å². The number of hydrogen-bond donors (Lipinski definition) is 5. The highest BCUT2D eigenvalue weighted by atomic mass is 35.5. The summed E-state index contributed by atoms with van der Waals surface area (Å²) in [6.45, 7) is 4.68. The van der Waals surface area contributed by atoms with Crippen LogP contribution in [0, 0.1) is 0 Å². The molecule has 0 saturated carbocycles. The second-order valence-corrected chi connectivity index (χ2v) is 6.59. The second kappa shape index (κ2) is 7.66. The first kappa shape index (κ1) is 17.6. The lowest BCUT2D eigenvalue weighted by Crippen LogP contribution is -2.39. The average Bonchev–Trinajstić information content (AvgIpc) is 2.94. The Hall–Kier alpha value is -1.78. The number of carbonyl (C=O) groups excluding carboxylic acids is 1. The Labute approximate surface area is 143 Å². The molecule has 11 heteroatoms. The van der Waals surface area contributed by atoms with Crippen molar-refractivity contribution < 1.29 is 4.79 Å². The fourth-order valence-corrected chi connectivity index (χ4v) is 2.85. The molecule has 1 aliphatic rings. The second-order valence-electron chi connectivity index (χ2n) is 5.04. The van der Waals surface area contributed by atoms with Gasteiger partial charge in [0.1, 0.15) is 0 Å². The van der Waals surface area contributed by atoms with Crippen LogP contribution in [0.15, 0.2) is 4.99 Å². The summed E-state index contributed by atoms with van der Waals surface area (Å²) in [5.41, 5.74) is 11.2. The molecule has 7 N–H and O–H groups in total. The zero-order chi connectivity index (χ0) is 17.0. The van der Waals surface area contributed by atoms with Crippen LogP contribution in [0.25, 0.3) is 0 Å². The largest absolute Gasteiger partial charge is 0.382 e. The van der Waals surface area contributed by atoms with E-state index in [1.807, 2.05) is 13.8 Å². The molecule has 1 aromatic rings. The molecular weight excluding hydrogens is 340 g/mol. The van der Waals surface area contributed by atoms with Gasteiger partial charge < -0.3 is 16.8 Å². The van der Waals surface area contributed by atoms with Crippen molar-refractivity contribution in [1.82, 2.24) is 20.6 Å². The van der Waals surface area contributed by atoms with Gasteiger partial charge in [-0.1, -0.05) is 11.6 Å². The zero-order valence-corrected chi connectivity index (χ0v) is 14.3. The summed E-state index contributed by atoms with van der Waals surface area (Å²) in [7, 11) is 0. The number of thioether (sulfide) groups is 1. The third kappa shape index (κ3) is 4.85. The molecule has 1 aliphatic heterocycles. The number of nitrogens with one attached hydrogen (secondary N) is 3. The molecule has 1 atom stereocenters. The lowest BCUT2D eigenvalue weighted by molar-refractivity contribution is 0.0972. The Balaban J connectivity index is 2.11. The van der Waals surface area contributed by atoms with E-state index in [1.54, 1.807) is 11.8 Å². The normalized spacial score (nSPS) is 18.3. The van der Waals surface area contributed by atoms with Crippen LogP contribution in [0.4, 0.5) is 11.6 Å². The van der Waals surface area contributed by atoms with Crippen molar-refractivity contribution in [1.29, 1.82) is 0 Å². The summed E-state index contributed by atoms with van der Waals surface area (Å²) >= 11 is 7.61. The van der Waals surface area contributed by atoms with Gasteiger partial charge in [0.05, 0.1) is 0 Å². The average molecular weight is 359 g/mol. The highest BCUT2D eigenvalue weighted by molar-refractivity contribution is 8.00. The summed E-state index contributed by atoms with van der Waals surface area (Å²) in [4.78, 5) is 24.3. The van der Waals surface area contributed by atoms with Gasteiger partial charge >= 0.3 is 0 Å². The third-order valence-electron chi connectivity index (χ3n) is 2.72. The number of guanidine groups is 1. The molecular formula is C12H19ClN8OS. The number of carbonyl (C=O) groups is 1. The summed E-state index contributed by atoms with van der Waals surface area (Å²) in [5, 5.41) is 8.58. The van der Waals surface area contributed by atoms with Gasteiger partial charge in [-0.3, -0.25) is 15.4 Å². The fourth-order valence-electron chi connectivity index (χ4n) is 1.79. The minimum absolute atomic E-state index is 0.0244. The Morgan fingerprint density at radius 3 is 2.87 bits per heavy atom. The van der Waals surface area contributed by atoms with Gasteiger partial charge in [-0.25, -0.2) is 15.0 Å². The standard InChI is InChI=1S/C12H19ClN8OS/c1-5(2)17-9-7(13)18-6(8(14)19-9)10(22)20-11(15)21-12-16-3-4-23-12/h5,12,16H,3-4H2,1-2H3,(H3,14,17,19)(H3,15,20,21,22). The quantitative estimate of drug-likeness (QED) is 0.379. The highest BCUT2D eigenvalue weighted by Gasteiger charge is 2.19. The van der Waals surface area contributed by atoms with E-state index in [2.05, 4.69) is 30.9 Å². The topological polar surface area (TPSA) is 143 Å². The molecule has 0 radical (unpaired) electrons. The fraction of sp³-hybridized carbons (Fsp3) is 0.500. The number of nitrogen functional groups attached to an aromatic ring is 1. The van der Waals surface area contributed by atoms with Crippen molar-refractivity contribution in [3.63, 3.8) is 0 Å². The first-order valence-corrected chi connectivity index (χ1v) is 8.38. The van der Waals surface area contributed by atoms with Gasteiger partial charge in [-0.2, -0.15) is 0 Å². The number of amides is 1. The monoisotopic (exact) mass is 358 g/mol. The lowest BCUT2D eigenvalue weighted by Gasteiger charge is -2.13. The van der Waals surface area contributed by atoms with Gasteiger partial charge in [-0.05, 0) is 13.8 Å². The van der Waals surface area contributed by atoms with Crippen molar-refractivity contribution >= 4 is 46.9 Å². The molecule has 2 rings (SSSR count). The molecule has 126 valence electrons. The number of rotatable bonds is 4. The molecule has 2 heterocycles. The molecule has 9 nitrogen and oxygen atoms in total. The van der Waals surface area contributed by atoms with E-state index in [1.165, 1.54) is 0 Å². The summed E-state index contributed by atoms with van der Waals surface area (Å²) in [6, 6.07) is 0.0973. The number of nitrogens with zero attached hydrogens (tertiary/aromatic N) is 3. The molecule has 1 saturated heterocycles. The highest BCUT2D eigenvalue weighted by Crippen LogP contribution is 2.21. The van der Waals surface area contributed by atoms with E-state index in [4.69, 9.17) is 23.1 Å². The first-order valence-electron chi connectivity index (χ1n) is 6.96. The number of hydrogen-bond acceptors (Lipinski definition) is 8. The summed E-state index contributed by atoms with van der Waals surface area (Å²) in [6.07, 6.45) is 0. The van der Waals surface area contributed by atoms with Crippen molar-refractivity contribution in [2.75, 3.05) is 23.3 Å². The Bertz CT molecular complexity index is 617. The summed E-state index contributed by atoms with van der Waals surface area (Å²) < 4.78 is 0. The Kier molecular flexibility index (Phi) is 5.85. The Morgan fingerprint density at radius 2 is 2.26 bits per heavy atom. The maximum Gasteiger partial charge on any atom is 0.280 e. The number of halogens is 1. The molecule has 23 heavy (non-hydrogen) atoms. The maximum absolute atomic E-state index is 12.2. The lowest BCUT2D eigenvalue weighted by atomic mass is 10.3. The first-order chi connectivity index (χ1) is 10.9. The predicted octanol–water partition coefficient (Wildman–Crippen LogP) is 0.197. The molecule has 0 aromatic carbocycles. The van der Waals surface area contributed by atoms with Crippen molar-refractivity contribution in [2.45, 2.75) is 25.4 Å². The zero-order valence-electron chi connectivity index (χ0n) is 12.8. The molecule has 1 fully saturated rings. The van der Waals surface area contributed by atoms with Crippen LogP contribution in [0.2, 0.25) is 5.15 Å². The van der Waals surface area contributed by atoms with Crippen LogP contribution in [-0.4, -0.2) is 45.7 Å². The number of aromatic nitrogens is 2. The predicted molar refractivity (Wildman–Crippen MR) is 93.6 cm³/mol. The maximum atomic E-state index is 12.2. The SMILES string of the molecule is CC(C)Nc1nc(N)c(C(=O)NC(N)=NC2NCCS2)nc1Cl. The van der Waals surface area contributed by atoms with Crippen LogP contribution < -0.4 is 27.4 Å². The van der Waals surface area contributed by atoms with Gasteiger partial charge in [-0.15, -0.1) is 11.8 Å². The minimum atomic E-state index is -0.614. The number of anilines is 2. The van der Waals surface area contributed by atoms with Crippen LogP contribution in [0.3, 0.4) is 0 Å². The van der Waals surface area contributed by atoms with Crippen LogP contribution in [-0.2, 0) is 0 Å². The molecule has 1 amide bonds. The molecule has 0 aliphatic carbocycles. The van der Waals surface area contributed by atoms with Crippen molar-refractivity contribution in [2.24, 2.45) is 10.7 Å². The number of aliphatic imine (C=N–C) groups is 1. The van der Waals surface area contributed by atoms with Crippen LogP contribution in [0.5, 0.6) is 0 Å². The van der Waals surface area contributed by atoms with E-state index in [0.717, 1.165) is 12.3 Å². The van der Waals surface area contributed by atoms with Crippen molar-refractivity contribution in [3.05, 3.63) is 10.8 Å². The molecule has 1 unspecified atom stereocenters. The van der Waals surface area contributed by atoms with Gasteiger partial charge in [0.25, 0.3) is 5.91 Å². The Morgan fingerprint density at radius 1 is 1.52 bits per heavy atom. The molecule has 0 bridgehead atoms. The third-order valence-corrected chi connectivity index (χ3v) is 4.01. The van der Waals surface area contributed by atoms with Crippen molar-refractivity contribution in [3.8, 4) is 0 Å². The van der Waals surface area contributed by atoms with E-state index in [9.17, 15) is 4.79 Å². The van der Waals surface area contributed by atoms with E-state index >= 15 is 0 Å². The van der Waals surface area contributed by atoms with Crippen LogP contribution >= 0.6 is 23.4 Å².